The van der Waals surface area contributed by atoms with Crippen LogP contribution in [0.2, 0.25) is 0 Å². The number of carbonyl (C=O) groups is 2. The molecular weight excluding hydrogens is 461 g/mol. The number of alkyl halides is 3. The van der Waals surface area contributed by atoms with Crippen molar-refractivity contribution in [3.63, 3.8) is 0 Å². The fourth-order valence-corrected chi connectivity index (χ4v) is 4.80. The maximum atomic E-state index is 12.8. The van der Waals surface area contributed by atoms with Gasteiger partial charge in [0.2, 0.25) is 0 Å². The van der Waals surface area contributed by atoms with Crippen molar-refractivity contribution in [2.75, 3.05) is 65.4 Å². The highest BCUT2D eigenvalue weighted by Gasteiger charge is 2.31. The third kappa shape index (κ3) is 9.18. The molecule has 0 saturated carbocycles. The van der Waals surface area contributed by atoms with Crippen LogP contribution in [0.1, 0.15) is 42.6 Å². The molecule has 2 fully saturated rings. The van der Waals surface area contributed by atoms with E-state index >= 15 is 0 Å². The van der Waals surface area contributed by atoms with Crippen molar-refractivity contribution in [1.82, 2.24) is 20.0 Å². The van der Waals surface area contributed by atoms with Gasteiger partial charge in [-0.15, -0.1) is 0 Å². The SMILES string of the molecule is CC(C)(O)CN1CCN(CCN2CCC(CC(=O)CNC(=O)c3cccc(C(F)(F)F)c3)C2)CC1. The zero-order valence-electron chi connectivity index (χ0n) is 20.6. The third-order valence-electron chi connectivity index (χ3n) is 6.59. The van der Waals surface area contributed by atoms with Crippen molar-refractivity contribution < 1.29 is 27.9 Å². The summed E-state index contributed by atoms with van der Waals surface area (Å²) in [7, 11) is 0. The fraction of sp³-hybridized carbons (Fsp3) is 0.680. The Bertz CT molecular complexity index is 864. The third-order valence-corrected chi connectivity index (χ3v) is 6.59. The Morgan fingerprint density at radius 2 is 1.69 bits per heavy atom. The van der Waals surface area contributed by atoms with Gasteiger partial charge in [-0.1, -0.05) is 6.07 Å². The van der Waals surface area contributed by atoms with E-state index in [4.69, 9.17) is 0 Å². The molecule has 1 amide bonds. The Morgan fingerprint density at radius 3 is 2.34 bits per heavy atom. The average Bonchev–Trinajstić information content (AvgIpc) is 3.22. The van der Waals surface area contributed by atoms with E-state index in [9.17, 15) is 27.9 Å². The predicted molar refractivity (Wildman–Crippen MR) is 127 cm³/mol. The lowest BCUT2D eigenvalue weighted by atomic mass is 10.0. The minimum Gasteiger partial charge on any atom is -0.389 e. The molecule has 2 N–H and O–H groups in total. The number of rotatable bonds is 10. The van der Waals surface area contributed by atoms with Crippen LogP contribution in [0.5, 0.6) is 0 Å². The van der Waals surface area contributed by atoms with Crippen LogP contribution < -0.4 is 5.32 Å². The van der Waals surface area contributed by atoms with Crippen LogP contribution in [-0.4, -0.2) is 103 Å². The lowest BCUT2D eigenvalue weighted by molar-refractivity contribution is -0.137. The number of hydrogen-bond acceptors (Lipinski definition) is 6. The zero-order valence-corrected chi connectivity index (χ0v) is 20.6. The number of halogens is 3. The summed E-state index contributed by atoms with van der Waals surface area (Å²) in [5.74, 6) is -0.558. The van der Waals surface area contributed by atoms with E-state index in [-0.39, 0.29) is 23.8 Å². The summed E-state index contributed by atoms with van der Waals surface area (Å²) in [5.41, 5.74) is -1.68. The number of benzene rings is 1. The van der Waals surface area contributed by atoms with Crippen molar-refractivity contribution in [1.29, 1.82) is 0 Å². The monoisotopic (exact) mass is 498 g/mol. The Hall–Kier alpha value is -2.01. The number of ketones is 1. The topological polar surface area (TPSA) is 76.1 Å². The molecule has 3 rings (SSSR count). The number of β-amino-alcohol motifs (C(OH)–C–C–N with tert-alkyl or cyclic N) is 1. The van der Waals surface area contributed by atoms with Crippen molar-refractivity contribution in [2.45, 2.75) is 38.5 Å². The number of nitrogens with zero attached hydrogens (tertiary/aromatic N) is 3. The number of Topliss-reactive ketones (excluding diaryl/α,β-unsaturated/α-hetero) is 1. The minimum atomic E-state index is -4.52. The smallest absolute Gasteiger partial charge is 0.389 e. The highest BCUT2D eigenvalue weighted by Crippen LogP contribution is 2.29. The van der Waals surface area contributed by atoms with Crippen molar-refractivity contribution in [2.24, 2.45) is 5.92 Å². The summed E-state index contributed by atoms with van der Waals surface area (Å²) < 4.78 is 38.5. The molecule has 2 heterocycles. The number of likely N-dealkylation sites (tertiary alicyclic amines) is 1. The zero-order chi connectivity index (χ0) is 25.6. The summed E-state index contributed by atoms with van der Waals surface area (Å²) in [6.45, 7) is 11.7. The van der Waals surface area contributed by atoms with Gasteiger partial charge in [0, 0.05) is 64.3 Å². The maximum absolute atomic E-state index is 12.8. The lowest BCUT2D eigenvalue weighted by Gasteiger charge is -2.37. The van der Waals surface area contributed by atoms with Crippen molar-refractivity contribution in [3.05, 3.63) is 35.4 Å². The quantitative estimate of drug-likeness (QED) is 0.515. The van der Waals surface area contributed by atoms with Crippen LogP contribution in [0.25, 0.3) is 0 Å². The highest BCUT2D eigenvalue weighted by molar-refractivity contribution is 5.96. The van der Waals surface area contributed by atoms with Gasteiger partial charge in [0.25, 0.3) is 5.91 Å². The normalized spacial score (nSPS) is 20.8. The maximum Gasteiger partial charge on any atom is 0.416 e. The van der Waals surface area contributed by atoms with Gasteiger partial charge in [0.15, 0.2) is 5.78 Å². The van der Waals surface area contributed by atoms with E-state index in [1.165, 1.54) is 12.1 Å². The van der Waals surface area contributed by atoms with Crippen molar-refractivity contribution >= 4 is 11.7 Å². The molecule has 1 aromatic carbocycles. The van der Waals surface area contributed by atoms with Gasteiger partial charge in [-0.3, -0.25) is 19.4 Å². The molecule has 1 atom stereocenters. The number of carbonyl (C=O) groups excluding carboxylic acids is 2. The van der Waals surface area contributed by atoms with E-state index in [0.29, 0.717) is 13.0 Å². The van der Waals surface area contributed by atoms with Crippen LogP contribution >= 0.6 is 0 Å². The van der Waals surface area contributed by atoms with Gasteiger partial charge < -0.3 is 15.3 Å². The molecule has 35 heavy (non-hydrogen) atoms. The van der Waals surface area contributed by atoms with Crippen LogP contribution in [0.4, 0.5) is 13.2 Å². The van der Waals surface area contributed by atoms with E-state index in [1.54, 1.807) is 0 Å². The van der Waals surface area contributed by atoms with E-state index in [0.717, 1.165) is 70.9 Å². The molecule has 0 aromatic heterocycles. The van der Waals surface area contributed by atoms with Crippen LogP contribution in [0, 0.1) is 5.92 Å². The first-order chi connectivity index (χ1) is 16.4. The molecule has 0 spiro atoms. The largest absolute Gasteiger partial charge is 0.416 e. The Morgan fingerprint density at radius 1 is 1.03 bits per heavy atom. The number of piperazine rings is 1. The summed E-state index contributed by atoms with van der Waals surface area (Å²) >= 11 is 0. The molecule has 2 aliphatic heterocycles. The molecule has 1 aromatic rings. The molecule has 10 heteroatoms. The number of aliphatic hydroxyl groups is 1. The van der Waals surface area contributed by atoms with E-state index in [1.807, 2.05) is 13.8 Å². The standard InChI is InChI=1S/C25H37F3N4O3/c1-24(2,35)18-32-12-9-30(10-13-32)8-11-31-7-6-19(17-31)14-22(33)16-29-23(34)20-4-3-5-21(15-20)25(26,27)28/h3-5,15,19,35H,6-14,16-18H2,1-2H3,(H,29,34). The van der Waals surface area contributed by atoms with Crippen LogP contribution in [0.3, 0.4) is 0 Å². The average molecular weight is 499 g/mol. The highest BCUT2D eigenvalue weighted by atomic mass is 19.4. The van der Waals surface area contributed by atoms with Gasteiger partial charge in [-0.2, -0.15) is 13.2 Å². The Kier molecular flexibility index (Phi) is 9.31. The van der Waals surface area contributed by atoms with Gasteiger partial charge in [0.1, 0.15) is 0 Å². The molecule has 0 aliphatic carbocycles. The van der Waals surface area contributed by atoms with Crippen LogP contribution in [-0.2, 0) is 11.0 Å². The minimum absolute atomic E-state index is 0.111. The molecule has 1 unspecified atom stereocenters. The van der Waals surface area contributed by atoms with Gasteiger partial charge in [0.05, 0.1) is 17.7 Å². The molecule has 2 aliphatic rings. The molecule has 0 radical (unpaired) electrons. The van der Waals surface area contributed by atoms with E-state index < -0.39 is 23.2 Å². The molecular formula is C25H37F3N4O3. The van der Waals surface area contributed by atoms with Crippen LogP contribution in [0.15, 0.2) is 24.3 Å². The fourth-order valence-electron chi connectivity index (χ4n) is 4.80. The second-order valence-electron chi connectivity index (χ2n) is 10.4. The Balaban J connectivity index is 1.32. The van der Waals surface area contributed by atoms with Gasteiger partial charge >= 0.3 is 6.18 Å². The Labute approximate surface area is 205 Å². The first-order valence-electron chi connectivity index (χ1n) is 12.3. The molecule has 2 saturated heterocycles. The predicted octanol–water partition coefficient (Wildman–Crippen LogP) is 2.10. The first-order valence-corrected chi connectivity index (χ1v) is 12.3. The number of nitrogens with one attached hydrogen (secondary N) is 1. The number of amides is 1. The van der Waals surface area contributed by atoms with E-state index in [2.05, 4.69) is 20.0 Å². The van der Waals surface area contributed by atoms with Gasteiger partial charge in [-0.25, -0.2) is 0 Å². The second kappa shape index (κ2) is 11.8. The first kappa shape index (κ1) is 27.6. The second-order valence-corrected chi connectivity index (χ2v) is 10.4. The number of hydrogen-bond donors (Lipinski definition) is 2. The van der Waals surface area contributed by atoms with Crippen molar-refractivity contribution in [3.8, 4) is 0 Å². The van der Waals surface area contributed by atoms with Gasteiger partial charge in [-0.05, 0) is 50.9 Å². The summed E-state index contributed by atoms with van der Waals surface area (Å²) in [4.78, 5) is 31.6. The molecule has 196 valence electrons. The summed E-state index contributed by atoms with van der Waals surface area (Å²) in [6.07, 6.45) is -3.24. The summed E-state index contributed by atoms with van der Waals surface area (Å²) in [5, 5.41) is 12.4. The molecule has 0 bridgehead atoms. The lowest BCUT2D eigenvalue weighted by Crippen LogP contribution is -2.51. The summed E-state index contributed by atoms with van der Waals surface area (Å²) in [6, 6.07) is 4.19. The molecule has 7 nitrogen and oxygen atoms in total.